The minimum Gasteiger partial charge on any atom is -0.360 e. The average molecular weight is 213 g/mol. The van der Waals surface area contributed by atoms with Crippen molar-refractivity contribution in [3.63, 3.8) is 0 Å². The van der Waals surface area contributed by atoms with Gasteiger partial charge in [0.1, 0.15) is 0 Å². The Morgan fingerprint density at radius 3 is 3.00 bits per heavy atom. The van der Waals surface area contributed by atoms with Crippen molar-refractivity contribution in [2.24, 2.45) is 5.92 Å². The van der Waals surface area contributed by atoms with Crippen LogP contribution in [-0.4, -0.2) is 10.8 Å². The third-order valence-electron chi connectivity index (χ3n) is 3.31. The van der Waals surface area contributed by atoms with Crippen molar-refractivity contribution in [3.05, 3.63) is 35.5 Å². The van der Waals surface area contributed by atoms with Crippen LogP contribution in [0.4, 0.5) is 0 Å². The Morgan fingerprint density at radius 2 is 2.25 bits per heavy atom. The first-order valence-corrected chi connectivity index (χ1v) is 5.85. The number of aromatic nitrogens is 1. The highest BCUT2D eigenvalue weighted by atomic mass is 16.1. The molecular weight excluding hydrogens is 198 g/mol. The summed E-state index contributed by atoms with van der Waals surface area (Å²) in [6, 6.07) is 6.19. The monoisotopic (exact) mass is 213 g/mol. The second-order valence-corrected chi connectivity index (χ2v) is 4.82. The topological polar surface area (TPSA) is 32.9 Å². The Morgan fingerprint density at radius 1 is 1.44 bits per heavy atom. The first-order chi connectivity index (χ1) is 7.74. The molecule has 0 radical (unpaired) electrons. The molecule has 16 heavy (non-hydrogen) atoms. The molecule has 0 spiro atoms. The van der Waals surface area contributed by atoms with Gasteiger partial charge < -0.3 is 4.98 Å². The van der Waals surface area contributed by atoms with Gasteiger partial charge in [0.25, 0.3) is 0 Å². The van der Waals surface area contributed by atoms with Crippen LogP contribution >= 0.6 is 0 Å². The van der Waals surface area contributed by atoms with Crippen molar-refractivity contribution in [2.75, 3.05) is 0 Å². The lowest BCUT2D eigenvalue weighted by Crippen LogP contribution is -1.98. The molecule has 1 aliphatic carbocycles. The molecule has 1 N–H and O–H groups in total. The summed E-state index contributed by atoms with van der Waals surface area (Å²) in [5, 5.41) is 1.07. The van der Waals surface area contributed by atoms with Gasteiger partial charge in [-0.05, 0) is 37.8 Å². The minimum absolute atomic E-state index is 0.291. The summed E-state index contributed by atoms with van der Waals surface area (Å²) in [6.07, 6.45) is 5.04. The van der Waals surface area contributed by atoms with Crippen molar-refractivity contribution >= 4 is 16.7 Å². The summed E-state index contributed by atoms with van der Waals surface area (Å²) in [5.41, 5.74) is 3.13. The van der Waals surface area contributed by atoms with Gasteiger partial charge in [0, 0.05) is 29.1 Å². The zero-order valence-corrected chi connectivity index (χ0v) is 9.42. The lowest BCUT2D eigenvalue weighted by molar-refractivity contribution is 0.0978. The summed E-state index contributed by atoms with van der Waals surface area (Å²) < 4.78 is 0. The van der Waals surface area contributed by atoms with E-state index in [1.807, 2.05) is 12.3 Å². The third-order valence-corrected chi connectivity index (χ3v) is 3.31. The zero-order valence-electron chi connectivity index (χ0n) is 9.42. The van der Waals surface area contributed by atoms with E-state index in [0.29, 0.717) is 11.7 Å². The number of benzene rings is 1. The molecule has 1 aromatic carbocycles. The van der Waals surface area contributed by atoms with Crippen molar-refractivity contribution in [1.82, 2.24) is 4.98 Å². The molecule has 1 fully saturated rings. The Labute approximate surface area is 94.7 Å². The number of rotatable bonds is 3. The molecule has 1 saturated carbocycles. The molecule has 2 heteroatoms. The van der Waals surface area contributed by atoms with E-state index >= 15 is 0 Å². The van der Waals surface area contributed by atoms with Crippen LogP contribution in [0.25, 0.3) is 10.9 Å². The van der Waals surface area contributed by atoms with Gasteiger partial charge in [0.05, 0.1) is 0 Å². The summed E-state index contributed by atoms with van der Waals surface area (Å²) in [6.45, 7) is 2.06. The molecule has 1 aliphatic rings. The first-order valence-electron chi connectivity index (χ1n) is 5.85. The Kier molecular flexibility index (Phi) is 2.10. The molecule has 1 heterocycles. The van der Waals surface area contributed by atoms with Gasteiger partial charge in [0.15, 0.2) is 5.78 Å². The van der Waals surface area contributed by atoms with Gasteiger partial charge >= 0.3 is 0 Å². The number of nitrogens with one attached hydrogen (secondary N) is 1. The maximum atomic E-state index is 12.1. The van der Waals surface area contributed by atoms with Crippen LogP contribution in [0.2, 0.25) is 0 Å². The van der Waals surface area contributed by atoms with E-state index in [9.17, 15) is 4.79 Å². The zero-order chi connectivity index (χ0) is 11.1. The predicted molar refractivity (Wildman–Crippen MR) is 64.7 cm³/mol. The number of carbonyl (C=O) groups is 1. The lowest BCUT2D eigenvalue weighted by Gasteiger charge is -1.98. The van der Waals surface area contributed by atoms with Gasteiger partial charge in [-0.2, -0.15) is 0 Å². The van der Waals surface area contributed by atoms with E-state index in [-0.39, 0.29) is 0 Å². The fourth-order valence-electron chi connectivity index (χ4n) is 2.16. The quantitative estimate of drug-likeness (QED) is 0.778. The van der Waals surface area contributed by atoms with E-state index < -0.39 is 0 Å². The van der Waals surface area contributed by atoms with Gasteiger partial charge in [-0.15, -0.1) is 0 Å². The number of fused-ring (bicyclic) bond motifs is 1. The first kappa shape index (κ1) is 9.64. The highest BCUT2D eigenvalue weighted by Crippen LogP contribution is 2.34. The molecule has 0 atom stereocenters. The largest absolute Gasteiger partial charge is 0.360 e. The normalized spacial score (nSPS) is 15.6. The van der Waals surface area contributed by atoms with Gasteiger partial charge in [-0.25, -0.2) is 0 Å². The van der Waals surface area contributed by atoms with E-state index in [1.54, 1.807) is 0 Å². The Balaban J connectivity index is 2.01. The van der Waals surface area contributed by atoms with E-state index in [4.69, 9.17) is 0 Å². The molecule has 0 unspecified atom stereocenters. The van der Waals surface area contributed by atoms with Gasteiger partial charge in [0.2, 0.25) is 0 Å². The summed E-state index contributed by atoms with van der Waals surface area (Å²) >= 11 is 0. The van der Waals surface area contributed by atoms with E-state index in [2.05, 4.69) is 24.0 Å². The molecule has 3 rings (SSSR count). The fourth-order valence-corrected chi connectivity index (χ4v) is 2.16. The van der Waals surface area contributed by atoms with Crippen molar-refractivity contribution < 1.29 is 4.79 Å². The van der Waals surface area contributed by atoms with Crippen LogP contribution in [-0.2, 0) is 0 Å². The van der Waals surface area contributed by atoms with Crippen LogP contribution in [0.15, 0.2) is 24.4 Å². The third kappa shape index (κ3) is 1.64. The summed E-state index contributed by atoms with van der Waals surface area (Å²) in [5.74, 6) is 0.946. The molecular formula is C14H15NO. The fraction of sp³-hybridized carbons (Fsp3) is 0.357. The second kappa shape index (κ2) is 3.48. The number of aromatic amines is 1. The highest BCUT2D eigenvalue weighted by molar-refractivity contribution is 6.08. The Bertz CT molecular complexity index is 549. The number of Topliss-reactive ketones (excluding diaryl/α,β-unsaturated/α-hetero) is 1. The number of hydrogen-bond acceptors (Lipinski definition) is 1. The predicted octanol–water partition coefficient (Wildman–Crippen LogP) is 3.46. The number of ketones is 1. The van der Waals surface area contributed by atoms with Crippen LogP contribution in [0.5, 0.6) is 0 Å². The van der Waals surface area contributed by atoms with Crippen LogP contribution in [0, 0.1) is 12.8 Å². The van der Waals surface area contributed by atoms with E-state index in [0.717, 1.165) is 22.9 Å². The number of hydrogen-bond donors (Lipinski definition) is 1. The molecule has 0 saturated heterocycles. The van der Waals surface area contributed by atoms with Gasteiger partial charge in [-0.3, -0.25) is 4.79 Å². The minimum atomic E-state index is 0.291. The van der Waals surface area contributed by atoms with Crippen LogP contribution in [0.1, 0.15) is 35.2 Å². The van der Waals surface area contributed by atoms with Crippen LogP contribution in [0.3, 0.4) is 0 Å². The standard InChI is InChI=1S/C14H15NO/c1-9-2-5-13-11(6-9)12(8-15-13)14(16)7-10-3-4-10/h2,5-6,8,10,15H,3-4,7H2,1H3. The molecule has 0 amide bonds. The van der Waals surface area contributed by atoms with E-state index in [1.165, 1.54) is 18.4 Å². The molecule has 0 bridgehead atoms. The smallest absolute Gasteiger partial charge is 0.165 e. The molecule has 0 aliphatic heterocycles. The highest BCUT2D eigenvalue weighted by Gasteiger charge is 2.25. The molecule has 1 aromatic heterocycles. The molecule has 2 nitrogen and oxygen atoms in total. The number of H-pyrrole nitrogens is 1. The number of aryl methyl sites for hydroxylation is 1. The van der Waals surface area contributed by atoms with Gasteiger partial charge in [-0.1, -0.05) is 11.6 Å². The van der Waals surface area contributed by atoms with Crippen molar-refractivity contribution in [3.8, 4) is 0 Å². The number of carbonyl (C=O) groups excluding carboxylic acids is 1. The van der Waals surface area contributed by atoms with Crippen molar-refractivity contribution in [1.29, 1.82) is 0 Å². The average Bonchev–Trinajstić information content (AvgIpc) is 2.96. The molecule has 2 aromatic rings. The lowest BCUT2D eigenvalue weighted by atomic mass is 10.0. The second-order valence-electron chi connectivity index (χ2n) is 4.82. The SMILES string of the molecule is Cc1ccc2[nH]cc(C(=O)CC3CC3)c2c1. The maximum absolute atomic E-state index is 12.1. The summed E-state index contributed by atoms with van der Waals surface area (Å²) in [4.78, 5) is 15.2. The summed E-state index contributed by atoms with van der Waals surface area (Å²) in [7, 11) is 0. The van der Waals surface area contributed by atoms with Crippen molar-refractivity contribution in [2.45, 2.75) is 26.2 Å². The molecule has 82 valence electrons. The maximum Gasteiger partial charge on any atom is 0.165 e. The van der Waals surface area contributed by atoms with Crippen LogP contribution < -0.4 is 0 Å². The Hall–Kier alpha value is -1.57.